The third-order valence-electron chi connectivity index (χ3n) is 1.34. The van der Waals surface area contributed by atoms with Gasteiger partial charge in [0, 0.05) is 6.20 Å². The average molecular weight is 179 g/mol. The van der Waals surface area contributed by atoms with Gasteiger partial charge in [-0.3, -0.25) is 0 Å². The molecule has 12 heavy (non-hydrogen) atoms. The zero-order chi connectivity index (χ0) is 8.39. The van der Waals surface area contributed by atoms with Gasteiger partial charge in [0.1, 0.15) is 12.0 Å². The summed E-state index contributed by atoms with van der Waals surface area (Å²) in [6.45, 7) is 0. The summed E-state index contributed by atoms with van der Waals surface area (Å²) >= 11 is 4.84. The molecule has 0 amide bonds. The maximum atomic E-state index is 5.06. The van der Waals surface area contributed by atoms with Gasteiger partial charge in [-0.05, 0) is 18.3 Å². The van der Waals surface area contributed by atoms with Crippen LogP contribution in [0.4, 0.5) is 0 Å². The molecule has 0 unspecified atom stereocenters. The molecule has 5 heteroatoms. The first-order valence-electron chi connectivity index (χ1n) is 3.31. The number of hydrogen-bond acceptors (Lipinski definition) is 4. The molecule has 0 aliphatic heterocycles. The number of rotatable bonds is 1. The van der Waals surface area contributed by atoms with Crippen molar-refractivity contribution in [2.45, 2.75) is 0 Å². The first kappa shape index (κ1) is 7.17. The Kier molecular flexibility index (Phi) is 1.71. The van der Waals surface area contributed by atoms with E-state index in [2.05, 4.69) is 15.0 Å². The zero-order valence-corrected chi connectivity index (χ0v) is 6.84. The lowest BCUT2D eigenvalue weighted by molar-refractivity contribution is 0.571. The van der Waals surface area contributed by atoms with E-state index >= 15 is 0 Å². The van der Waals surface area contributed by atoms with Gasteiger partial charge in [-0.25, -0.2) is 9.97 Å². The zero-order valence-electron chi connectivity index (χ0n) is 6.02. The topological polar surface area (TPSA) is 54.7 Å². The van der Waals surface area contributed by atoms with E-state index in [9.17, 15) is 0 Å². The lowest BCUT2D eigenvalue weighted by atomic mass is 10.4. The number of H-pyrrole nitrogens is 1. The van der Waals surface area contributed by atoms with Crippen molar-refractivity contribution in [2.24, 2.45) is 0 Å². The largest absolute Gasteiger partial charge is 0.443 e. The number of aromatic nitrogens is 3. The van der Waals surface area contributed by atoms with Gasteiger partial charge >= 0.3 is 0 Å². The predicted molar refractivity (Wildman–Crippen MR) is 44.9 cm³/mol. The van der Waals surface area contributed by atoms with Crippen LogP contribution in [0.1, 0.15) is 0 Å². The van der Waals surface area contributed by atoms with Crippen molar-refractivity contribution in [3.8, 4) is 11.6 Å². The Labute approximate surface area is 73.3 Å². The van der Waals surface area contributed by atoms with E-state index in [4.69, 9.17) is 16.6 Å². The molecule has 1 N–H and O–H groups in total. The Bertz CT molecular complexity index is 420. The first-order valence-corrected chi connectivity index (χ1v) is 3.72. The maximum absolute atomic E-state index is 5.06. The normalized spacial score (nSPS) is 10.0. The third-order valence-corrected chi connectivity index (χ3v) is 1.54. The van der Waals surface area contributed by atoms with E-state index in [1.807, 2.05) is 0 Å². The van der Waals surface area contributed by atoms with Gasteiger partial charge in [-0.2, -0.15) is 0 Å². The second-order valence-corrected chi connectivity index (χ2v) is 2.51. The van der Waals surface area contributed by atoms with Crippen LogP contribution < -0.4 is 0 Å². The fourth-order valence-corrected chi connectivity index (χ4v) is 1.02. The predicted octanol–water partition coefficient (Wildman–Crippen LogP) is 1.79. The average Bonchev–Trinajstić information content (AvgIpc) is 2.56. The van der Waals surface area contributed by atoms with Gasteiger partial charge in [0.2, 0.25) is 5.89 Å². The minimum Gasteiger partial charge on any atom is -0.443 e. The number of nitrogens with one attached hydrogen (secondary N) is 1. The van der Waals surface area contributed by atoms with Crippen molar-refractivity contribution in [3.63, 3.8) is 0 Å². The Morgan fingerprint density at radius 1 is 1.33 bits per heavy atom. The van der Waals surface area contributed by atoms with Crippen LogP contribution in [0.2, 0.25) is 0 Å². The molecule has 0 saturated carbocycles. The van der Waals surface area contributed by atoms with Crippen molar-refractivity contribution >= 4 is 12.2 Å². The summed E-state index contributed by atoms with van der Waals surface area (Å²) in [4.78, 5) is 10.7. The third kappa shape index (κ3) is 1.26. The summed E-state index contributed by atoms with van der Waals surface area (Å²) in [6.07, 6.45) is 4.69. The highest BCUT2D eigenvalue weighted by atomic mass is 32.1. The minimum atomic E-state index is 0.422. The van der Waals surface area contributed by atoms with E-state index in [1.165, 1.54) is 6.26 Å². The SMILES string of the molecule is S=c1nccc(-c2ncco2)[nH]1. The second-order valence-electron chi connectivity index (χ2n) is 2.13. The van der Waals surface area contributed by atoms with Gasteiger partial charge in [0.25, 0.3) is 0 Å². The van der Waals surface area contributed by atoms with Crippen LogP contribution in [0, 0.1) is 4.77 Å². The van der Waals surface area contributed by atoms with Crippen LogP contribution in [-0.4, -0.2) is 15.0 Å². The monoisotopic (exact) mass is 179 g/mol. The summed E-state index contributed by atoms with van der Waals surface area (Å²) in [7, 11) is 0. The van der Waals surface area contributed by atoms with Crippen molar-refractivity contribution in [1.82, 2.24) is 15.0 Å². The smallest absolute Gasteiger partial charge is 0.242 e. The van der Waals surface area contributed by atoms with Gasteiger partial charge in [0.05, 0.1) is 6.20 Å². The van der Waals surface area contributed by atoms with Crippen LogP contribution >= 0.6 is 12.2 Å². The molecule has 0 aromatic carbocycles. The maximum Gasteiger partial charge on any atom is 0.242 e. The number of nitrogens with zero attached hydrogens (tertiary/aromatic N) is 2. The van der Waals surface area contributed by atoms with Crippen LogP contribution in [0.15, 0.2) is 29.1 Å². The van der Waals surface area contributed by atoms with Crippen LogP contribution in [0.25, 0.3) is 11.6 Å². The van der Waals surface area contributed by atoms with Crippen molar-refractivity contribution in [2.75, 3.05) is 0 Å². The summed E-state index contributed by atoms with van der Waals surface area (Å²) < 4.78 is 5.48. The molecule has 2 heterocycles. The minimum absolute atomic E-state index is 0.422. The molecule has 60 valence electrons. The van der Waals surface area contributed by atoms with Gasteiger partial charge in [-0.15, -0.1) is 0 Å². The van der Waals surface area contributed by atoms with Gasteiger partial charge in [-0.1, -0.05) is 0 Å². The molecule has 0 bridgehead atoms. The molecule has 2 aromatic heterocycles. The Hall–Kier alpha value is -1.49. The number of aromatic amines is 1. The molecular formula is C7H5N3OS. The van der Waals surface area contributed by atoms with E-state index < -0.39 is 0 Å². The highest BCUT2D eigenvalue weighted by Gasteiger charge is 2.00. The molecule has 0 aliphatic carbocycles. The van der Waals surface area contributed by atoms with E-state index in [1.54, 1.807) is 18.5 Å². The van der Waals surface area contributed by atoms with Crippen molar-refractivity contribution < 1.29 is 4.42 Å². The Balaban J connectivity index is 2.55. The molecule has 2 rings (SSSR count). The number of hydrogen-bond donors (Lipinski definition) is 1. The Morgan fingerprint density at radius 3 is 2.92 bits per heavy atom. The van der Waals surface area contributed by atoms with E-state index in [0.29, 0.717) is 10.7 Å². The molecule has 0 radical (unpaired) electrons. The van der Waals surface area contributed by atoms with Crippen LogP contribution in [0.3, 0.4) is 0 Å². The molecule has 4 nitrogen and oxygen atoms in total. The summed E-state index contributed by atoms with van der Waals surface area (Å²) in [5.41, 5.74) is 0.736. The fraction of sp³-hybridized carbons (Fsp3) is 0. The van der Waals surface area contributed by atoms with Gasteiger partial charge < -0.3 is 9.40 Å². The van der Waals surface area contributed by atoms with Gasteiger partial charge in [0.15, 0.2) is 4.77 Å². The fourth-order valence-electron chi connectivity index (χ4n) is 0.850. The lowest BCUT2D eigenvalue weighted by Crippen LogP contribution is -1.85. The quantitative estimate of drug-likeness (QED) is 0.678. The lowest BCUT2D eigenvalue weighted by Gasteiger charge is -1.92. The summed E-state index contributed by atoms with van der Waals surface area (Å²) in [5.74, 6) is 0.517. The van der Waals surface area contributed by atoms with Crippen molar-refractivity contribution in [1.29, 1.82) is 0 Å². The van der Waals surface area contributed by atoms with Crippen molar-refractivity contribution in [3.05, 3.63) is 29.5 Å². The second kappa shape index (κ2) is 2.86. The van der Waals surface area contributed by atoms with Crippen LogP contribution in [-0.2, 0) is 0 Å². The molecule has 0 fully saturated rings. The summed E-state index contributed by atoms with van der Waals surface area (Å²) in [5, 5.41) is 0. The molecule has 2 aromatic rings. The highest BCUT2D eigenvalue weighted by Crippen LogP contribution is 2.11. The molecule has 0 aliphatic rings. The Morgan fingerprint density at radius 2 is 2.25 bits per heavy atom. The highest BCUT2D eigenvalue weighted by molar-refractivity contribution is 7.71. The first-order chi connectivity index (χ1) is 5.86. The molecular weight excluding hydrogens is 174 g/mol. The summed E-state index contributed by atoms with van der Waals surface area (Å²) in [6, 6.07) is 1.75. The van der Waals surface area contributed by atoms with E-state index in [0.717, 1.165) is 5.69 Å². The molecule has 0 atom stereocenters. The van der Waals surface area contributed by atoms with E-state index in [-0.39, 0.29) is 0 Å². The number of oxazole rings is 1. The molecule has 0 saturated heterocycles. The standard InChI is InChI=1S/C7H5N3OS/c12-7-9-2-1-5(10-7)6-8-3-4-11-6/h1-4H,(H,9,10,12). The molecule has 0 spiro atoms. The van der Waals surface area contributed by atoms with Crippen LogP contribution in [0.5, 0.6) is 0 Å².